The van der Waals surface area contributed by atoms with Gasteiger partial charge in [0.15, 0.2) is 0 Å². The van der Waals surface area contributed by atoms with Gasteiger partial charge in [-0.05, 0) is 39.0 Å². The molecule has 1 atom stereocenters. The Morgan fingerprint density at radius 1 is 0.808 bits per heavy atom. The van der Waals surface area contributed by atoms with Crippen LogP contribution in [0.5, 0.6) is 0 Å². The molecule has 26 heavy (non-hydrogen) atoms. The minimum absolute atomic E-state index is 0. The molecule has 0 fully saturated rings. The number of unbranched alkanes of at least 4 members (excludes halogenated alkanes) is 12. The van der Waals surface area contributed by atoms with Crippen LogP contribution in [0.15, 0.2) is 12.2 Å². The number of rotatable bonds is 18. The molecule has 0 heterocycles. The van der Waals surface area contributed by atoms with Gasteiger partial charge in [0.2, 0.25) is 0 Å². The number of allylic oxidation sites excluding steroid dienone is 2. The molecular formula is C20H39NaO4S. The second-order valence-corrected chi connectivity index (χ2v) is 8.52. The van der Waals surface area contributed by atoms with Crippen molar-refractivity contribution < 1.29 is 47.3 Å². The molecule has 0 aliphatic rings. The normalized spacial score (nSPS) is 13.0. The van der Waals surface area contributed by atoms with Crippen molar-refractivity contribution in [3.05, 3.63) is 12.2 Å². The van der Waals surface area contributed by atoms with Crippen LogP contribution in [0.2, 0.25) is 0 Å². The molecule has 0 aromatic heterocycles. The van der Waals surface area contributed by atoms with Crippen LogP contribution in [-0.4, -0.2) is 25.0 Å². The number of hydrogen-bond donors (Lipinski definition) is 0. The molecule has 0 radical (unpaired) electrons. The fraction of sp³-hybridized carbons (Fsp3) is 0.900. The minimum Gasteiger partial charge on any atom is -0.746 e. The van der Waals surface area contributed by atoms with Gasteiger partial charge < -0.3 is 9.29 Å². The Balaban J connectivity index is 0. The molecule has 4 nitrogen and oxygen atoms in total. The molecule has 0 N–H and O–H groups in total. The van der Waals surface area contributed by atoms with Crippen LogP contribution >= 0.6 is 0 Å². The molecule has 0 aromatic carbocycles. The second-order valence-electron chi connectivity index (χ2n) is 6.87. The summed E-state index contributed by atoms with van der Waals surface area (Å²) in [6.45, 7) is 3.90. The number of hydrogen-bond acceptors (Lipinski definition) is 4. The molecule has 150 valence electrons. The fourth-order valence-corrected chi connectivity index (χ4v) is 2.95. The maximum absolute atomic E-state index is 10.6. The standard InChI is InChI=1S/C20H40O4S.Na/c1-3-4-5-6-7-8-9-10-11-12-13-14-15-16-17-18-19-24-20(2)25(21,22)23;/h10-11,20H,3-9,12-19H2,1-2H3,(H,21,22,23);/q;+1/p-1/b11-10-;. The topological polar surface area (TPSA) is 66.4 Å². The van der Waals surface area contributed by atoms with E-state index in [0.717, 1.165) is 19.3 Å². The zero-order valence-corrected chi connectivity index (χ0v) is 20.2. The van der Waals surface area contributed by atoms with E-state index in [1.54, 1.807) is 0 Å². The van der Waals surface area contributed by atoms with E-state index in [2.05, 4.69) is 19.1 Å². The molecule has 0 rings (SSSR count). The molecule has 0 saturated carbocycles. The Hall–Kier alpha value is 0.610. The molecule has 1 unspecified atom stereocenters. The van der Waals surface area contributed by atoms with Gasteiger partial charge in [0.1, 0.15) is 15.6 Å². The summed E-state index contributed by atoms with van der Waals surface area (Å²) in [6, 6.07) is 0. The molecule has 0 saturated heterocycles. The molecule has 6 heteroatoms. The Bertz CT molecular complexity index is 410. The summed E-state index contributed by atoms with van der Waals surface area (Å²) in [4.78, 5) is 0. The van der Waals surface area contributed by atoms with Gasteiger partial charge in [-0.3, -0.25) is 0 Å². The van der Waals surface area contributed by atoms with E-state index in [4.69, 9.17) is 4.74 Å². The van der Waals surface area contributed by atoms with Crippen LogP contribution in [0.3, 0.4) is 0 Å². The van der Waals surface area contributed by atoms with Crippen molar-refractivity contribution in [2.24, 2.45) is 0 Å². The van der Waals surface area contributed by atoms with Crippen molar-refractivity contribution >= 4 is 10.1 Å². The van der Waals surface area contributed by atoms with Crippen LogP contribution in [0.25, 0.3) is 0 Å². The van der Waals surface area contributed by atoms with Gasteiger partial charge in [0.25, 0.3) is 0 Å². The second kappa shape index (κ2) is 20.3. The predicted octanol–water partition coefficient (Wildman–Crippen LogP) is 2.94. The van der Waals surface area contributed by atoms with Gasteiger partial charge in [-0.25, -0.2) is 8.42 Å². The summed E-state index contributed by atoms with van der Waals surface area (Å²) in [6.07, 6.45) is 21.9. The Kier molecular flexibility index (Phi) is 22.6. The minimum atomic E-state index is -4.30. The van der Waals surface area contributed by atoms with Crippen molar-refractivity contribution in [2.75, 3.05) is 6.61 Å². The van der Waals surface area contributed by atoms with E-state index in [9.17, 15) is 13.0 Å². The average Bonchev–Trinajstić information content (AvgIpc) is 2.56. The molecule has 0 bridgehead atoms. The summed E-state index contributed by atoms with van der Waals surface area (Å²) < 4.78 is 37.0. The first-order valence-corrected chi connectivity index (χ1v) is 11.7. The van der Waals surface area contributed by atoms with Gasteiger partial charge in [-0.15, -0.1) is 0 Å². The van der Waals surface area contributed by atoms with Crippen LogP contribution in [0, 0.1) is 0 Å². The summed E-state index contributed by atoms with van der Waals surface area (Å²) in [5.74, 6) is 0. The van der Waals surface area contributed by atoms with Crippen molar-refractivity contribution in [3.8, 4) is 0 Å². The molecule has 0 amide bonds. The van der Waals surface area contributed by atoms with Crippen LogP contribution in [0.1, 0.15) is 104 Å². The van der Waals surface area contributed by atoms with E-state index < -0.39 is 15.6 Å². The quantitative estimate of drug-likeness (QED) is 0.154. The Labute approximate surface area is 184 Å². The number of ether oxygens (including phenoxy) is 1. The first-order chi connectivity index (χ1) is 12.0. The zero-order valence-electron chi connectivity index (χ0n) is 17.4. The van der Waals surface area contributed by atoms with Gasteiger partial charge in [-0.2, -0.15) is 0 Å². The van der Waals surface area contributed by atoms with Gasteiger partial charge >= 0.3 is 29.6 Å². The van der Waals surface area contributed by atoms with E-state index in [1.807, 2.05) is 0 Å². The fourth-order valence-electron chi connectivity index (χ4n) is 2.68. The van der Waals surface area contributed by atoms with E-state index in [-0.39, 0.29) is 29.6 Å². The van der Waals surface area contributed by atoms with Crippen LogP contribution in [0.4, 0.5) is 0 Å². The molecule has 0 spiro atoms. The monoisotopic (exact) mass is 398 g/mol. The third-order valence-corrected chi connectivity index (χ3v) is 5.36. The molecule has 0 aromatic rings. The molecule has 0 aliphatic heterocycles. The van der Waals surface area contributed by atoms with E-state index in [1.165, 1.54) is 77.6 Å². The van der Waals surface area contributed by atoms with E-state index >= 15 is 0 Å². The zero-order chi connectivity index (χ0) is 18.8. The van der Waals surface area contributed by atoms with Crippen molar-refractivity contribution in [1.82, 2.24) is 0 Å². The van der Waals surface area contributed by atoms with Gasteiger partial charge in [-0.1, -0.05) is 76.9 Å². The van der Waals surface area contributed by atoms with Crippen LogP contribution in [-0.2, 0) is 14.9 Å². The Morgan fingerprint density at radius 2 is 1.23 bits per heavy atom. The van der Waals surface area contributed by atoms with Crippen LogP contribution < -0.4 is 29.6 Å². The van der Waals surface area contributed by atoms with Crippen molar-refractivity contribution in [3.63, 3.8) is 0 Å². The summed E-state index contributed by atoms with van der Waals surface area (Å²) in [5.41, 5.74) is -1.23. The van der Waals surface area contributed by atoms with Gasteiger partial charge in [0, 0.05) is 6.61 Å². The summed E-state index contributed by atoms with van der Waals surface area (Å²) in [7, 11) is -4.30. The summed E-state index contributed by atoms with van der Waals surface area (Å²) >= 11 is 0. The smallest absolute Gasteiger partial charge is 0.746 e. The molecular weight excluding hydrogens is 359 g/mol. The third kappa shape index (κ3) is 20.9. The SMILES string of the molecule is CCCCCCCC/C=C\CCCCCCCCOC(C)S(=O)(=O)[O-].[Na+]. The largest absolute Gasteiger partial charge is 1.00 e. The Morgan fingerprint density at radius 3 is 1.69 bits per heavy atom. The maximum Gasteiger partial charge on any atom is 1.00 e. The van der Waals surface area contributed by atoms with Crippen molar-refractivity contribution in [1.29, 1.82) is 0 Å². The predicted molar refractivity (Wildman–Crippen MR) is 105 cm³/mol. The molecule has 0 aliphatic carbocycles. The van der Waals surface area contributed by atoms with Crippen molar-refractivity contribution in [2.45, 2.75) is 109 Å². The van der Waals surface area contributed by atoms with Gasteiger partial charge in [0.05, 0.1) is 0 Å². The summed E-state index contributed by atoms with van der Waals surface area (Å²) in [5, 5.41) is 0. The average molecular weight is 399 g/mol. The maximum atomic E-state index is 10.6. The first kappa shape index (κ1) is 28.8. The third-order valence-electron chi connectivity index (χ3n) is 4.42. The van der Waals surface area contributed by atoms with E-state index in [0.29, 0.717) is 6.61 Å². The first-order valence-electron chi connectivity index (χ1n) is 10.2.